The van der Waals surface area contributed by atoms with Crippen molar-refractivity contribution in [3.63, 3.8) is 0 Å². The van der Waals surface area contributed by atoms with Crippen LogP contribution >= 0.6 is 0 Å². The van der Waals surface area contributed by atoms with Gasteiger partial charge in [0.25, 0.3) is 0 Å². The molecule has 0 heterocycles. The molecule has 0 aliphatic heterocycles. The van der Waals surface area contributed by atoms with Crippen LogP contribution in [0.25, 0.3) is 0 Å². The first-order valence-electron chi connectivity index (χ1n) is 33.1. The minimum absolute atomic E-state index is 0.0709. The molecule has 0 radical (unpaired) electrons. The molecule has 0 saturated carbocycles. The second kappa shape index (κ2) is 65.1. The third kappa shape index (κ3) is 63.3. The minimum Gasteiger partial charge on any atom is -0.462 e. The number of carbonyl (C=O) groups is 3. The molecule has 0 aliphatic rings. The topological polar surface area (TPSA) is 78.9 Å². The Kier molecular flexibility index (Phi) is 62.2. The monoisotopic (exact) mass is 1070 g/mol. The van der Waals surface area contributed by atoms with Crippen LogP contribution in [0.3, 0.4) is 0 Å². The normalized spacial score (nSPS) is 12.6. The van der Waals surface area contributed by atoms with E-state index < -0.39 is 6.10 Å². The Morgan fingerprint density at radius 2 is 0.506 bits per heavy atom. The summed E-state index contributed by atoms with van der Waals surface area (Å²) in [6, 6.07) is 0. The first-order chi connectivity index (χ1) is 38.0. The van der Waals surface area contributed by atoms with Crippen LogP contribution in [-0.4, -0.2) is 37.2 Å². The van der Waals surface area contributed by atoms with E-state index in [2.05, 4.69) is 106 Å². The number of hydrogen-bond acceptors (Lipinski definition) is 6. The molecular weight excluding hydrogens is 949 g/mol. The Morgan fingerprint density at radius 3 is 0.792 bits per heavy atom. The molecule has 0 spiro atoms. The molecule has 0 amide bonds. The zero-order valence-corrected chi connectivity index (χ0v) is 51.0. The number of hydrogen-bond donors (Lipinski definition) is 0. The van der Waals surface area contributed by atoms with Crippen LogP contribution in [0.1, 0.15) is 329 Å². The van der Waals surface area contributed by atoms with Gasteiger partial charge in [0, 0.05) is 19.3 Å². The van der Waals surface area contributed by atoms with Gasteiger partial charge < -0.3 is 14.2 Å². The van der Waals surface area contributed by atoms with Crippen LogP contribution < -0.4 is 0 Å². The van der Waals surface area contributed by atoms with E-state index in [1.807, 2.05) is 0 Å². The SMILES string of the molecule is CC/C=C\C/C=C\C/C=C\C/C=C\C/C=C\C/C=C\C/C=C\CCCCCCCCCCCCCC(=O)OCC(COC(=O)CCCCCCCCCCCCCCC)OC(=O)CCCCCCCCCCCCCCC. The van der Waals surface area contributed by atoms with Gasteiger partial charge in [-0.25, -0.2) is 0 Å². The third-order valence-electron chi connectivity index (χ3n) is 14.4. The van der Waals surface area contributed by atoms with Crippen LogP contribution in [0.5, 0.6) is 0 Å². The van der Waals surface area contributed by atoms with Gasteiger partial charge in [0.15, 0.2) is 6.10 Å². The lowest BCUT2D eigenvalue weighted by molar-refractivity contribution is -0.167. The van der Waals surface area contributed by atoms with Crippen LogP contribution in [0.4, 0.5) is 0 Å². The molecule has 0 aromatic rings. The van der Waals surface area contributed by atoms with Crippen molar-refractivity contribution in [2.24, 2.45) is 0 Å². The largest absolute Gasteiger partial charge is 0.462 e. The summed E-state index contributed by atoms with van der Waals surface area (Å²) >= 11 is 0. The first kappa shape index (κ1) is 73.6. The molecule has 77 heavy (non-hydrogen) atoms. The molecule has 0 fully saturated rings. The predicted octanol–water partition coefficient (Wildman–Crippen LogP) is 22.7. The predicted molar refractivity (Wildman–Crippen MR) is 334 cm³/mol. The van der Waals surface area contributed by atoms with E-state index in [1.54, 1.807) is 0 Å². The summed E-state index contributed by atoms with van der Waals surface area (Å²) in [7, 11) is 0. The molecule has 0 bridgehead atoms. The summed E-state index contributed by atoms with van der Waals surface area (Å²) in [4.78, 5) is 38.2. The van der Waals surface area contributed by atoms with Gasteiger partial charge >= 0.3 is 17.9 Å². The average molecular weight is 1070 g/mol. The molecule has 6 heteroatoms. The van der Waals surface area contributed by atoms with Crippen molar-refractivity contribution in [1.82, 2.24) is 0 Å². The molecule has 0 saturated heterocycles. The van der Waals surface area contributed by atoms with E-state index >= 15 is 0 Å². The number of ether oxygens (including phenoxy) is 3. The molecule has 1 atom stereocenters. The second-order valence-corrected chi connectivity index (χ2v) is 22.0. The van der Waals surface area contributed by atoms with Crippen LogP contribution in [-0.2, 0) is 28.6 Å². The lowest BCUT2D eigenvalue weighted by atomic mass is 10.0. The fourth-order valence-electron chi connectivity index (χ4n) is 9.48. The Morgan fingerprint density at radius 1 is 0.273 bits per heavy atom. The van der Waals surface area contributed by atoms with Crippen molar-refractivity contribution in [2.75, 3.05) is 13.2 Å². The first-order valence-corrected chi connectivity index (χ1v) is 33.1. The van der Waals surface area contributed by atoms with E-state index in [9.17, 15) is 14.4 Å². The summed E-state index contributed by atoms with van der Waals surface area (Å²) in [6.45, 7) is 6.56. The molecule has 0 N–H and O–H groups in total. The number of esters is 3. The number of rotatable bonds is 60. The maximum atomic E-state index is 12.9. The van der Waals surface area contributed by atoms with Gasteiger partial charge in [0.1, 0.15) is 13.2 Å². The highest BCUT2D eigenvalue weighted by Crippen LogP contribution is 2.17. The molecule has 0 aliphatic carbocycles. The molecule has 0 rings (SSSR count). The minimum atomic E-state index is -0.773. The number of unbranched alkanes of at least 4 members (excludes halogenated alkanes) is 35. The van der Waals surface area contributed by atoms with Gasteiger partial charge in [0.2, 0.25) is 0 Å². The van der Waals surface area contributed by atoms with E-state index in [1.165, 1.54) is 186 Å². The van der Waals surface area contributed by atoms with Crippen LogP contribution in [0, 0.1) is 0 Å². The molecule has 0 aromatic carbocycles. The maximum Gasteiger partial charge on any atom is 0.306 e. The highest BCUT2D eigenvalue weighted by molar-refractivity contribution is 5.71. The zero-order valence-electron chi connectivity index (χ0n) is 51.0. The summed E-state index contributed by atoms with van der Waals surface area (Å²) in [5.74, 6) is -0.858. The quantitative estimate of drug-likeness (QED) is 0.0261. The molecule has 444 valence electrons. The van der Waals surface area contributed by atoms with Crippen LogP contribution in [0.2, 0.25) is 0 Å². The lowest BCUT2D eigenvalue weighted by Crippen LogP contribution is -2.30. The summed E-state index contributed by atoms with van der Waals surface area (Å²) in [6.07, 6.45) is 86.0. The highest BCUT2D eigenvalue weighted by Gasteiger charge is 2.19. The lowest BCUT2D eigenvalue weighted by Gasteiger charge is -2.18. The standard InChI is InChI=1S/C71H124O6/c1-4-7-10-13-16-19-22-25-26-27-28-29-30-31-32-33-34-35-36-37-38-39-40-41-42-43-44-47-49-52-55-58-61-64-70(73)76-67-68(77-71(74)65-62-59-56-53-50-46-24-21-18-15-12-9-6-3)66-75-69(72)63-60-57-54-51-48-45-23-20-17-14-11-8-5-2/h7,10,16,19,25-26,28-29,31-32,34-35,37-38,68H,4-6,8-9,11-15,17-18,20-24,27,30,33,36,39-67H2,1-3H3/b10-7-,19-16-,26-25-,29-28-,32-31-,35-34-,38-37-. The fourth-order valence-corrected chi connectivity index (χ4v) is 9.48. The van der Waals surface area contributed by atoms with Gasteiger partial charge in [0.05, 0.1) is 0 Å². The zero-order chi connectivity index (χ0) is 55.7. The third-order valence-corrected chi connectivity index (χ3v) is 14.4. The van der Waals surface area contributed by atoms with E-state index in [-0.39, 0.29) is 31.1 Å². The number of carbonyl (C=O) groups excluding carboxylic acids is 3. The van der Waals surface area contributed by atoms with Crippen molar-refractivity contribution in [1.29, 1.82) is 0 Å². The molecular formula is C71H124O6. The van der Waals surface area contributed by atoms with Gasteiger partial charge in [-0.2, -0.15) is 0 Å². The summed E-state index contributed by atoms with van der Waals surface area (Å²) in [5, 5.41) is 0. The fraction of sp³-hybridized carbons (Fsp3) is 0.761. The Hall–Kier alpha value is -3.41. The van der Waals surface area contributed by atoms with Crippen molar-refractivity contribution in [2.45, 2.75) is 335 Å². The molecule has 1 unspecified atom stereocenters. The average Bonchev–Trinajstić information content (AvgIpc) is 3.43. The summed E-state index contributed by atoms with van der Waals surface area (Å²) in [5.41, 5.74) is 0. The van der Waals surface area contributed by atoms with Gasteiger partial charge in [-0.1, -0.05) is 318 Å². The Bertz CT molecular complexity index is 1470. The Balaban J connectivity index is 4.17. The van der Waals surface area contributed by atoms with Crippen molar-refractivity contribution < 1.29 is 28.6 Å². The molecule has 0 aromatic heterocycles. The summed E-state index contributed by atoms with van der Waals surface area (Å²) < 4.78 is 16.9. The Labute approximate surface area is 477 Å². The van der Waals surface area contributed by atoms with Gasteiger partial charge in [-0.05, 0) is 77.0 Å². The van der Waals surface area contributed by atoms with E-state index in [0.717, 1.165) is 103 Å². The van der Waals surface area contributed by atoms with Crippen molar-refractivity contribution in [3.8, 4) is 0 Å². The number of allylic oxidation sites excluding steroid dienone is 14. The smallest absolute Gasteiger partial charge is 0.306 e. The second-order valence-electron chi connectivity index (χ2n) is 22.0. The highest BCUT2D eigenvalue weighted by atomic mass is 16.6. The maximum absolute atomic E-state index is 12.9. The van der Waals surface area contributed by atoms with Crippen LogP contribution in [0.15, 0.2) is 85.1 Å². The van der Waals surface area contributed by atoms with Crippen molar-refractivity contribution >= 4 is 17.9 Å². The van der Waals surface area contributed by atoms with E-state index in [4.69, 9.17) is 14.2 Å². The van der Waals surface area contributed by atoms with E-state index in [0.29, 0.717) is 19.3 Å². The van der Waals surface area contributed by atoms with Crippen molar-refractivity contribution in [3.05, 3.63) is 85.1 Å². The van der Waals surface area contributed by atoms with Gasteiger partial charge in [-0.3, -0.25) is 14.4 Å². The van der Waals surface area contributed by atoms with Gasteiger partial charge in [-0.15, -0.1) is 0 Å². The molecule has 6 nitrogen and oxygen atoms in total.